The molecular formula is C18H20N4O2. The summed E-state index contributed by atoms with van der Waals surface area (Å²) in [5.74, 6) is 1.65. The van der Waals surface area contributed by atoms with Gasteiger partial charge in [-0.1, -0.05) is 17.3 Å². The third kappa shape index (κ3) is 2.53. The lowest BCUT2D eigenvalue weighted by Crippen LogP contribution is -2.30. The van der Waals surface area contributed by atoms with Crippen molar-refractivity contribution in [2.45, 2.75) is 32.4 Å². The number of rotatable bonds is 3. The van der Waals surface area contributed by atoms with Gasteiger partial charge in [0.1, 0.15) is 11.6 Å². The van der Waals surface area contributed by atoms with Gasteiger partial charge in [0.15, 0.2) is 0 Å². The molecule has 1 fully saturated rings. The van der Waals surface area contributed by atoms with E-state index in [0.717, 1.165) is 42.2 Å². The topological polar surface area (TPSA) is 64.2 Å². The molecule has 0 amide bonds. The van der Waals surface area contributed by atoms with Crippen LogP contribution in [0.5, 0.6) is 0 Å². The summed E-state index contributed by atoms with van der Waals surface area (Å²) in [7, 11) is 1.81. The Morgan fingerprint density at radius 3 is 2.96 bits per heavy atom. The van der Waals surface area contributed by atoms with Crippen molar-refractivity contribution in [2.75, 3.05) is 6.54 Å². The van der Waals surface area contributed by atoms with Gasteiger partial charge in [0.25, 0.3) is 5.56 Å². The molecule has 0 aliphatic carbocycles. The smallest absolute Gasteiger partial charge is 0.261 e. The average molecular weight is 324 g/mol. The Morgan fingerprint density at radius 2 is 2.17 bits per heavy atom. The zero-order valence-corrected chi connectivity index (χ0v) is 13.9. The number of hydrogen-bond donors (Lipinski definition) is 0. The van der Waals surface area contributed by atoms with Crippen LogP contribution >= 0.6 is 0 Å². The lowest BCUT2D eigenvalue weighted by molar-refractivity contribution is 0.227. The minimum Gasteiger partial charge on any atom is -0.361 e. The van der Waals surface area contributed by atoms with Crippen LogP contribution in [0.2, 0.25) is 0 Å². The van der Waals surface area contributed by atoms with Crippen LogP contribution in [0, 0.1) is 6.92 Å². The number of aromatic nitrogens is 3. The first-order valence-corrected chi connectivity index (χ1v) is 8.25. The van der Waals surface area contributed by atoms with Crippen LogP contribution < -0.4 is 5.56 Å². The van der Waals surface area contributed by atoms with Gasteiger partial charge in [-0.05, 0) is 38.4 Å². The summed E-state index contributed by atoms with van der Waals surface area (Å²) in [6.45, 7) is 3.58. The summed E-state index contributed by atoms with van der Waals surface area (Å²) in [6, 6.07) is 9.62. The second-order valence-corrected chi connectivity index (χ2v) is 6.41. The molecule has 2 aromatic heterocycles. The van der Waals surface area contributed by atoms with Gasteiger partial charge in [0, 0.05) is 19.7 Å². The van der Waals surface area contributed by atoms with Gasteiger partial charge in [0.2, 0.25) is 0 Å². The summed E-state index contributed by atoms with van der Waals surface area (Å²) in [5, 5.41) is 4.76. The molecule has 0 saturated carbocycles. The molecule has 1 saturated heterocycles. The van der Waals surface area contributed by atoms with Crippen molar-refractivity contribution in [3.8, 4) is 0 Å². The highest BCUT2D eigenvalue weighted by Crippen LogP contribution is 2.32. The lowest BCUT2D eigenvalue weighted by Gasteiger charge is -2.24. The maximum atomic E-state index is 12.7. The molecule has 124 valence electrons. The molecule has 6 heteroatoms. The van der Waals surface area contributed by atoms with E-state index in [1.54, 1.807) is 4.57 Å². The van der Waals surface area contributed by atoms with Gasteiger partial charge < -0.3 is 4.52 Å². The first-order chi connectivity index (χ1) is 11.6. The number of benzene rings is 1. The van der Waals surface area contributed by atoms with Gasteiger partial charge in [0.05, 0.1) is 22.6 Å². The van der Waals surface area contributed by atoms with Gasteiger partial charge in [-0.2, -0.15) is 0 Å². The van der Waals surface area contributed by atoms with Crippen LogP contribution in [0.4, 0.5) is 0 Å². The fraction of sp³-hybridized carbons (Fsp3) is 0.389. The highest BCUT2D eigenvalue weighted by atomic mass is 16.5. The number of aryl methyl sites for hydroxylation is 1. The second kappa shape index (κ2) is 5.87. The number of hydrogen-bond acceptors (Lipinski definition) is 5. The van der Waals surface area contributed by atoms with E-state index in [-0.39, 0.29) is 11.6 Å². The largest absolute Gasteiger partial charge is 0.361 e. The standard InChI is InChI=1S/C18H20N4O2/c1-12-10-13(20-24-12)11-22-9-5-8-16(22)17-19-15-7-4-3-6-14(15)18(23)21(17)2/h3-4,6-7,10,16H,5,8-9,11H2,1-2H3. The zero-order chi connectivity index (χ0) is 16.7. The maximum absolute atomic E-state index is 12.7. The van der Waals surface area contributed by atoms with Gasteiger partial charge in [-0.25, -0.2) is 4.98 Å². The van der Waals surface area contributed by atoms with E-state index in [1.807, 2.05) is 44.3 Å². The Bertz CT molecular complexity index is 944. The average Bonchev–Trinajstić information content (AvgIpc) is 3.20. The Balaban J connectivity index is 1.73. The van der Waals surface area contributed by atoms with Crippen LogP contribution in [0.25, 0.3) is 10.9 Å². The molecule has 1 aliphatic rings. The van der Waals surface area contributed by atoms with Crippen LogP contribution in [-0.2, 0) is 13.6 Å². The molecule has 1 unspecified atom stereocenters. The molecule has 6 nitrogen and oxygen atoms in total. The Morgan fingerprint density at radius 1 is 1.33 bits per heavy atom. The van der Waals surface area contributed by atoms with E-state index in [4.69, 9.17) is 9.51 Å². The minimum atomic E-state index is 0.0136. The van der Waals surface area contributed by atoms with Gasteiger partial charge in [-0.3, -0.25) is 14.3 Å². The summed E-state index contributed by atoms with van der Waals surface area (Å²) < 4.78 is 6.86. The predicted molar refractivity (Wildman–Crippen MR) is 90.6 cm³/mol. The second-order valence-electron chi connectivity index (χ2n) is 6.41. The van der Waals surface area contributed by atoms with Crippen molar-refractivity contribution in [3.63, 3.8) is 0 Å². The van der Waals surface area contributed by atoms with E-state index >= 15 is 0 Å². The summed E-state index contributed by atoms with van der Waals surface area (Å²) in [5.41, 5.74) is 1.70. The van der Waals surface area contributed by atoms with Gasteiger partial charge >= 0.3 is 0 Å². The Hall–Kier alpha value is -2.47. The number of fused-ring (bicyclic) bond motifs is 1. The lowest BCUT2D eigenvalue weighted by atomic mass is 10.1. The zero-order valence-electron chi connectivity index (χ0n) is 13.9. The number of para-hydroxylation sites is 1. The predicted octanol–water partition coefficient (Wildman–Crippen LogP) is 2.57. The number of nitrogens with zero attached hydrogens (tertiary/aromatic N) is 4. The van der Waals surface area contributed by atoms with Crippen molar-refractivity contribution < 1.29 is 4.52 Å². The fourth-order valence-electron chi connectivity index (χ4n) is 3.54. The Labute approximate surface area is 139 Å². The first-order valence-electron chi connectivity index (χ1n) is 8.25. The van der Waals surface area contributed by atoms with E-state index in [2.05, 4.69) is 10.1 Å². The van der Waals surface area contributed by atoms with Gasteiger partial charge in [-0.15, -0.1) is 0 Å². The molecule has 0 bridgehead atoms. The van der Waals surface area contributed by atoms with Crippen molar-refractivity contribution >= 4 is 10.9 Å². The molecule has 0 N–H and O–H groups in total. The molecule has 3 aromatic rings. The fourth-order valence-corrected chi connectivity index (χ4v) is 3.54. The number of likely N-dealkylation sites (tertiary alicyclic amines) is 1. The summed E-state index contributed by atoms with van der Waals surface area (Å²) >= 11 is 0. The Kier molecular flexibility index (Phi) is 3.69. The van der Waals surface area contributed by atoms with Crippen LogP contribution in [0.15, 0.2) is 39.6 Å². The van der Waals surface area contributed by atoms with E-state index < -0.39 is 0 Å². The third-order valence-electron chi connectivity index (χ3n) is 4.72. The molecular weight excluding hydrogens is 304 g/mol. The van der Waals surface area contributed by atoms with E-state index in [9.17, 15) is 4.79 Å². The molecule has 0 spiro atoms. The summed E-state index contributed by atoms with van der Waals surface area (Å²) in [4.78, 5) is 19.8. The SMILES string of the molecule is Cc1cc(CN2CCCC2c2nc3ccccc3c(=O)n2C)no1. The third-order valence-corrected chi connectivity index (χ3v) is 4.72. The molecule has 1 aromatic carbocycles. The normalized spacial score (nSPS) is 18.5. The van der Waals surface area contributed by atoms with Crippen molar-refractivity contribution in [2.24, 2.45) is 7.05 Å². The minimum absolute atomic E-state index is 0.0136. The van der Waals surface area contributed by atoms with Crippen LogP contribution in [0.1, 0.15) is 36.2 Å². The quantitative estimate of drug-likeness (QED) is 0.741. The molecule has 1 aliphatic heterocycles. The highest BCUT2D eigenvalue weighted by molar-refractivity contribution is 5.77. The highest BCUT2D eigenvalue weighted by Gasteiger charge is 2.30. The van der Waals surface area contributed by atoms with E-state index in [0.29, 0.717) is 11.9 Å². The summed E-state index contributed by atoms with van der Waals surface area (Å²) in [6.07, 6.45) is 2.08. The van der Waals surface area contributed by atoms with Crippen molar-refractivity contribution in [1.82, 2.24) is 19.6 Å². The molecule has 24 heavy (non-hydrogen) atoms. The first kappa shape index (κ1) is 15.1. The van der Waals surface area contributed by atoms with Crippen molar-refractivity contribution in [3.05, 3.63) is 58.0 Å². The maximum Gasteiger partial charge on any atom is 0.261 e. The molecule has 4 rings (SSSR count). The van der Waals surface area contributed by atoms with Crippen LogP contribution in [-0.4, -0.2) is 26.2 Å². The van der Waals surface area contributed by atoms with E-state index in [1.165, 1.54) is 0 Å². The molecule has 0 radical (unpaired) electrons. The molecule has 1 atom stereocenters. The van der Waals surface area contributed by atoms with Crippen molar-refractivity contribution in [1.29, 1.82) is 0 Å². The monoisotopic (exact) mass is 324 g/mol. The molecule has 3 heterocycles. The van der Waals surface area contributed by atoms with Crippen LogP contribution in [0.3, 0.4) is 0 Å².